The molecule has 13 nitrogen and oxygen atoms in total. The van der Waals surface area contributed by atoms with Crippen molar-refractivity contribution in [1.29, 1.82) is 0 Å². The molecule has 0 radical (unpaired) electrons. The Labute approximate surface area is 300 Å². The monoisotopic (exact) mass is 750 g/mol. The van der Waals surface area contributed by atoms with Crippen LogP contribution in [0.1, 0.15) is 85.5 Å². The number of rotatable bonds is 27. The van der Waals surface area contributed by atoms with Crippen LogP contribution in [0, 0.1) is 0 Å². The number of ketones is 1. The number of hydrogen-bond donors (Lipinski definition) is 4. The van der Waals surface area contributed by atoms with Gasteiger partial charge in [-0.2, -0.15) is 0 Å². The molecule has 0 rings (SSSR count). The molecule has 4 amide bonds. The van der Waals surface area contributed by atoms with Gasteiger partial charge in [0.1, 0.15) is 12.4 Å². The lowest BCUT2D eigenvalue weighted by Crippen LogP contribution is -2.52. The minimum atomic E-state index is -2.09. The van der Waals surface area contributed by atoms with Crippen molar-refractivity contribution in [3.05, 3.63) is 0 Å². The van der Waals surface area contributed by atoms with Crippen molar-refractivity contribution in [3.8, 4) is 0 Å². The third kappa shape index (κ3) is 37.0. The van der Waals surface area contributed by atoms with Gasteiger partial charge in [0.2, 0.25) is 17.7 Å². The lowest BCUT2D eigenvalue weighted by molar-refractivity contribution is -0.126. The summed E-state index contributed by atoms with van der Waals surface area (Å²) >= 11 is 0. The van der Waals surface area contributed by atoms with E-state index in [1.54, 1.807) is 6.92 Å². The number of unbranched alkanes of at least 4 members (excludes halogenated alkanes) is 6. The van der Waals surface area contributed by atoms with Crippen LogP contribution in [0.4, 0.5) is 4.79 Å². The molecule has 4 N–H and O–H groups in total. The number of nitrogens with one attached hydrogen (secondary N) is 4. The molecule has 0 saturated carbocycles. The molecule has 0 aromatic heterocycles. The highest BCUT2D eigenvalue weighted by molar-refractivity contribution is 6.88. The minimum Gasteiger partial charge on any atom is -0.449 e. The molecule has 0 aliphatic heterocycles. The average molecular weight is 751 g/mol. The molecule has 0 atom stereocenters. The van der Waals surface area contributed by atoms with Crippen LogP contribution in [0.2, 0.25) is 51.4 Å². The summed E-state index contributed by atoms with van der Waals surface area (Å²) in [5.74, 6) is 0.0467. The Morgan fingerprint density at radius 2 is 1.00 bits per heavy atom. The van der Waals surface area contributed by atoms with Crippen molar-refractivity contribution >= 4 is 54.8 Å². The molecule has 0 saturated heterocycles. The van der Waals surface area contributed by atoms with Gasteiger partial charge < -0.3 is 43.8 Å². The van der Waals surface area contributed by atoms with Gasteiger partial charge in [-0.1, -0.05) is 32.6 Å². The maximum absolute atomic E-state index is 11.7. The summed E-state index contributed by atoms with van der Waals surface area (Å²) in [6.45, 7) is 22.8. The predicted octanol–water partition coefficient (Wildman–Crippen LogP) is 5.37. The Morgan fingerprint density at radius 1 is 0.551 bits per heavy atom. The molecule has 0 bridgehead atoms. The molecule has 288 valence electrons. The van der Waals surface area contributed by atoms with E-state index in [-0.39, 0.29) is 36.7 Å². The predicted molar refractivity (Wildman–Crippen MR) is 203 cm³/mol. The zero-order valence-electron chi connectivity index (χ0n) is 32.4. The molecule has 0 aromatic carbocycles. The van der Waals surface area contributed by atoms with Gasteiger partial charge in [-0.25, -0.2) is 4.79 Å². The third-order valence-corrected chi connectivity index (χ3v) is 18.4. The van der Waals surface area contributed by atoms with Gasteiger partial charge in [0.05, 0.1) is 13.2 Å². The van der Waals surface area contributed by atoms with Gasteiger partial charge in [0, 0.05) is 52.5 Å². The largest absolute Gasteiger partial charge is 0.449 e. The highest BCUT2D eigenvalue weighted by atomic mass is 28.5. The summed E-state index contributed by atoms with van der Waals surface area (Å²) in [5.41, 5.74) is 0. The van der Waals surface area contributed by atoms with Gasteiger partial charge in [-0.15, -0.1) is 0 Å². The summed E-state index contributed by atoms with van der Waals surface area (Å²) in [5, 5.41) is 11.0. The molecule has 0 heterocycles. The van der Waals surface area contributed by atoms with E-state index in [1.165, 1.54) is 13.8 Å². The van der Waals surface area contributed by atoms with Gasteiger partial charge in [0.15, 0.2) is 16.6 Å². The molecule has 0 aromatic rings. The topological polar surface area (TPSA) is 170 Å². The lowest BCUT2D eigenvalue weighted by atomic mass is 10.2. The Bertz CT molecular complexity index is 908. The molecule has 0 fully saturated rings. The Hall–Kier alpha value is -2.12. The first kappa shape index (κ1) is 49.0. The minimum absolute atomic E-state index is 0.00331. The van der Waals surface area contributed by atoms with Crippen LogP contribution in [0.5, 0.6) is 0 Å². The molecular weight excluding hydrogens is 681 g/mol. The second kappa shape index (κ2) is 28.6. The van der Waals surface area contributed by atoms with Crippen molar-refractivity contribution in [3.63, 3.8) is 0 Å². The third-order valence-electron chi connectivity index (χ3n) is 7.02. The van der Waals surface area contributed by atoms with Crippen LogP contribution >= 0.6 is 0 Å². The molecular formula is C33H70N4O9Si3. The number of Topliss-reactive ketones (excluding diaryl/α,β-unsaturated/α-hetero) is 1. The number of alkyl carbamates (subject to hydrolysis) is 1. The normalized spacial score (nSPS) is 11.6. The first-order valence-electron chi connectivity index (χ1n) is 17.9. The summed E-state index contributed by atoms with van der Waals surface area (Å²) < 4.78 is 22.8. The van der Waals surface area contributed by atoms with Crippen LogP contribution in [0.3, 0.4) is 0 Å². The van der Waals surface area contributed by atoms with Gasteiger partial charge in [0.25, 0.3) is 0 Å². The van der Waals surface area contributed by atoms with E-state index < -0.39 is 31.3 Å². The molecule has 0 unspecified atom stereocenters. The quantitative estimate of drug-likeness (QED) is 0.0637. The van der Waals surface area contributed by atoms with E-state index >= 15 is 0 Å². The number of hydrogen-bond acceptors (Lipinski definition) is 9. The number of amides is 4. The van der Waals surface area contributed by atoms with Crippen molar-refractivity contribution in [1.82, 2.24) is 21.3 Å². The van der Waals surface area contributed by atoms with E-state index in [1.807, 2.05) is 0 Å². The van der Waals surface area contributed by atoms with Crippen LogP contribution in [0.25, 0.3) is 0 Å². The highest BCUT2D eigenvalue weighted by Gasteiger charge is 2.39. The number of carbonyl (C=O) groups excluding carboxylic acids is 5. The van der Waals surface area contributed by atoms with E-state index in [2.05, 4.69) is 67.5 Å². The van der Waals surface area contributed by atoms with Gasteiger partial charge in [-0.3, -0.25) is 14.4 Å². The maximum Gasteiger partial charge on any atom is 0.407 e. The smallest absolute Gasteiger partial charge is 0.407 e. The van der Waals surface area contributed by atoms with Crippen LogP contribution in [0.15, 0.2) is 0 Å². The second-order valence-electron chi connectivity index (χ2n) is 14.0. The van der Waals surface area contributed by atoms with Gasteiger partial charge >= 0.3 is 14.7 Å². The molecule has 0 spiro atoms. The summed E-state index contributed by atoms with van der Waals surface area (Å²) in [6.07, 6.45) is 7.71. The SMILES string of the molecule is CC(=O)NCCCCCCNC(=O)COCCCOC(=O)NCCCCCCNC(C)=O.CC[Si](C)(C)O[Si](C)(C)O[Si](C)(C)CC(C)=O. The second-order valence-corrected chi connectivity index (χ2v) is 26.5. The van der Waals surface area contributed by atoms with E-state index in [9.17, 15) is 24.0 Å². The zero-order valence-corrected chi connectivity index (χ0v) is 35.4. The fourth-order valence-corrected chi connectivity index (χ4v) is 18.1. The van der Waals surface area contributed by atoms with E-state index in [4.69, 9.17) is 17.7 Å². The van der Waals surface area contributed by atoms with Crippen LogP contribution in [-0.4, -0.2) is 101 Å². The van der Waals surface area contributed by atoms with Crippen LogP contribution in [-0.2, 0) is 36.9 Å². The van der Waals surface area contributed by atoms with Crippen molar-refractivity contribution in [2.45, 2.75) is 137 Å². The highest BCUT2D eigenvalue weighted by Crippen LogP contribution is 2.24. The summed E-state index contributed by atoms with van der Waals surface area (Å²) in [6, 6.07) is 1.68. The van der Waals surface area contributed by atoms with Crippen molar-refractivity contribution in [2.75, 3.05) is 46.0 Å². The lowest BCUT2D eigenvalue weighted by Gasteiger charge is -2.38. The standard InChI is InChI=1S/C22H42N4O6.C11H28O3Si3/c1-19(27)23-12-7-3-5-9-14-25-21(29)18-31-16-11-17-32-22(30)26-15-10-6-4-8-13-24-20(2)28;1-9-15(3,4)13-17(7,8)14-16(5,6)10-11(2)12/h3-18H2,1-2H3,(H,23,27)(H,24,28)(H,25,29)(H,26,30);9-10H2,1-8H3. The number of carbonyl (C=O) groups is 5. The maximum atomic E-state index is 11.7. The molecule has 0 aliphatic rings. The number of ether oxygens (including phenoxy) is 2. The van der Waals surface area contributed by atoms with Crippen molar-refractivity contribution in [2.24, 2.45) is 0 Å². The molecule has 0 aliphatic carbocycles. The first-order valence-corrected chi connectivity index (χ1v) is 27.0. The van der Waals surface area contributed by atoms with E-state index in [0.717, 1.165) is 57.4 Å². The van der Waals surface area contributed by atoms with Crippen LogP contribution < -0.4 is 21.3 Å². The van der Waals surface area contributed by atoms with Crippen molar-refractivity contribution < 1.29 is 41.7 Å². The Kier molecular flexibility index (Phi) is 28.6. The van der Waals surface area contributed by atoms with Gasteiger partial charge in [-0.05, 0) is 77.9 Å². The Morgan fingerprint density at radius 3 is 1.45 bits per heavy atom. The first-order chi connectivity index (χ1) is 22.8. The molecule has 16 heteroatoms. The fraction of sp³-hybridized carbons (Fsp3) is 0.848. The average Bonchev–Trinajstić information content (AvgIpc) is 2.95. The summed E-state index contributed by atoms with van der Waals surface area (Å²) in [7, 11) is -5.57. The zero-order chi connectivity index (χ0) is 37.8. The fourth-order valence-electron chi connectivity index (χ4n) is 4.81. The Balaban J connectivity index is 0. The molecule has 49 heavy (non-hydrogen) atoms. The van der Waals surface area contributed by atoms with E-state index in [0.29, 0.717) is 45.3 Å². The summed E-state index contributed by atoms with van der Waals surface area (Å²) in [4.78, 5) is 55.9.